The van der Waals surface area contributed by atoms with Gasteiger partial charge in [-0.15, -0.1) is 0 Å². The predicted octanol–water partition coefficient (Wildman–Crippen LogP) is 4.81. The van der Waals surface area contributed by atoms with E-state index in [1.807, 2.05) is 24.4 Å². The zero-order valence-corrected chi connectivity index (χ0v) is 14.5. The topological polar surface area (TPSA) is 28.2 Å². The maximum Gasteiger partial charge on any atom is 0.0908 e. The van der Waals surface area contributed by atoms with Crippen molar-refractivity contribution in [1.82, 2.24) is 9.88 Å². The third kappa shape index (κ3) is 4.34. The summed E-state index contributed by atoms with van der Waals surface area (Å²) in [5.74, 6) is 0. The van der Waals surface area contributed by atoms with Gasteiger partial charge >= 0.3 is 0 Å². The Morgan fingerprint density at radius 2 is 2.00 bits per heavy atom. The average Bonchev–Trinajstić information content (AvgIpc) is 2.53. The molecule has 0 aliphatic heterocycles. The Balaban J connectivity index is 1.97. The molecule has 0 saturated heterocycles. The molecule has 3 nitrogen and oxygen atoms in total. The number of nitrogens with one attached hydrogen (secondary N) is 1. The smallest absolute Gasteiger partial charge is 0.0908 e. The van der Waals surface area contributed by atoms with Crippen LogP contribution in [-0.4, -0.2) is 35.6 Å². The molecule has 0 aliphatic carbocycles. The number of benzene rings is 1. The van der Waals surface area contributed by atoms with Crippen LogP contribution in [0.5, 0.6) is 0 Å². The first kappa shape index (κ1) is 17.0. The number of pyridine rings is 1. The summed E-state index contributed by atoms with van der Waals surface area (Å²) in [7, 11) is 0. The van der Waals surface area contributed by atoms with E-state index < -0.39 is 0 Å². The Kier molecular flexibility index (Phi) is 6.47. The number of anilines is 1. The van der Waals surface area contributed by atoms with Crippen LogP contribution in [0.3, 0.4) is 0 Å². The molecule has 0 saturated carbocycles. The van der Waals surface area contributed by atoms with Crippen LogP contribution >= 0.6 is 11.6 Å². The van der Waals surface area contributed by atoms with Crippen molar-refractivity contribution in [1.29, 1.82) is 0 Å². The van der Waals surface area contributed by atoms with Gasteiger partial charge < -0.3 is 10.2 Å². The first-order valence-corrected chi connectivity index (χ1v) is 8.55. The fraction of sp³-hybridized carbons (Fsp3) is 0.500. The first-order chi connectivity index (χ1) is 10.7. The van der Waals surface area contributed by atoms with Crippen LogP contribution in [0.25, 0.3) is 10.9 Å². The minimum atomic E-state index is 0.431. The van der Waals surface area contributed by atoms with Crippen molar-refractivity contribution in [3.05, 3.63) is 35.5 Å². The SMILES string of the molecule is CCN(CC)CCC[C@@H](C)Nc1ccnc2c(Cl)cccc12. The van der Waals surface area contributed by atoms with Gasteiger partial charge in [0, 0.05) is 23.3 Å². The van der Waals surface area contributed by atoms with Crippen LogP contribution in [0, 0.1) is 0 Å². The molecule has 0 fully saturated rings. The third-order valence-electron chi connectivity index (χ3n) is 4.13. The number of aromatic nitrogens is 1. The molecule has 1 aromatic carbocycles. The summed E-state index contributed by atoms with van der Waals surface area (Å²) in [6.45, 7) is 10.1. The zero-order chi connectivity index (χ0) is 15.9. The van der Waals surface area contributed by atoms with Crippen molar-refractivity contribution in [3.8, 4) is 0 Å². The summed E-state index contributed by atoms with van der Waals surface area (Å²) in [5.41, 5.74) is 1.98. The van der Waals surface area contributed by atoms with Gasteiger partial charge in [-0.3, -0.25) is 4.98 Å². The molecular formula is C18H26ClN3. The van der Waals surface area contributed by atoms with E-state index in [-0.39, 0.29) is 0 Å². The highest BCUT2D eigenvalue weighted by molar-refractivity contribution is 6.35. The molecule has 120 valence electrons. The van der Waals surface area contributed by atoms with Crippen LogP contribution in [0.4, 0.5) is 5.69 Å². The summed E-state index contributed by atoms with van der Waals surface area (Å²) in [5, 5.41) is 5.40. The summed E-state index contributed by atoms with van der Waals surface area (Å²) >= 11 is 6.22. The van der Waals surface area contributed by atoms with Crippen LogP contribution in [0.15, 0.2) is 30.5 Å². The van der Waals surface area contributed by atoms with Gasteiger partial charge in [0.2, 0.25) is 0 Å². The van der Waals surface area contributed by atoms with Crippen molar-refractivity contribution in [2.75, 3.05) is 25.0 Å². The van der Waals surface area contributed by atoms with Gasteiger partial charge in [-0.05, 0) is 51.5 Å². The van der Waals surface area contributed by atoms with E-state index in [4.69, 9.17) is 11.6 Å². The van der Waals surface area contributed by atoms with Gasteiger partial charge in [-0.25, -0.2) is 0 Å². The van der Waals surface area contributed by atoms with Crippen LogP contribution in [-0.2, 0) is 0 Å². The minimum absolute atomic E-state index is 0.431. The average molecular weight is 320 g/mol. The molecule has 0 bridgehead atoms. The van der Waals surface area contributed by atoms with Crippen molar-refractivity contribution in [2.45, 2.75) is 39.7 Å². The molecule has 0 spiro atoms. The lowest BCUT2D eigenvalue weighted by Gasteiger charge is -2.20. The zero-order valence-electron chi connectivity index (χ0n) is 13.8. The first-order valence-electron chi connectivity index (χ1n) is 8.17. The third-order valence-corrected chi connectivity index (χ3v) is 4.43. The molecular weight excluding hydrogens is 294 g/mol. The number of hydrogen-bond donors (Lipinski definition) is 1. The van der Waals surface area contributed by atoms with Crippen molar-refractivity contribution < 1.29 is 0 Å². The van der Waals surface area contributed by atoms with Gasteiger partial charge in [0.1, 0.15) is 0 Å². The lowest BCUT2D eigenvalue weighted by atomic mass is 10.1. The Labute approximate surface area is 138 Å². The summed E-state index contributed by atoms with van der Waals surface area (Å²) < 4.78 is 0. The predicted molar refractivity (Wildman–Crippen MR) is 96.9 cm³/mol. The van der Waals surface area contributed by atoms with Crippen LogP contribution < -0.4 is 5.32 Å². The van der Waals surface area contributed by atoms with Gasteiger partial charge in [0.15, 0.2) is 0 Å². The van der Waals surface area contributed by atoms with Gasteiger partial charge in [-0.1, -0.05) is 37.6 Å². The number of para-hydroxylation sites is 1. The van der Waals surface area contributed by atoms with E-state index in [2.05, 4.69) is 42.0 Å². The van der Waals surface area contributed by atoms with Gasteiger partial charge in [0.05, 0.1) is 10.5 Å². The highest BCUT2D eigenvalue weighted by Crippen LogP contribution is 2.27. The molecule has 1 N–H and O–H groups in total. The largest absolute Gasteiger partial charge is 0.382 e. The van der Waals surface area contributed by atoms with E-state index in [1.165, 1.54) is 13.0 Å². The van der Waals surface area contributed by atoms with Gasteiger partial charge in [-0.2, -0.15) is 0 Å². The Morgan fingerprint density at radius 1 is 1.23 bits per heavy atom. The second-order valence-electron chi connectivity index (χ2n) is 5.71. The maximum absolute atomic E-state index is 6.22. The molecule has 0 aliphatic rings. The van der Waals surface area contributed by atoms with E-state index >= 15 is 0 Å². The summed E-state index contributed by atoms with van der Waals surface area (Å²) in [4.78, 5) is 6.84. The molecule has 1 atom stereocenters. The Hall–Kier alpha value is -1.32. The Morgan fingerprint density at radius 3 is 2.73 bits per heavy atom. The number of nitrogens with zero attached hydrogens (tertiary/aromatic N) is 2. The number of halogens is 1. The van der Waals surface area contributed by atoms with E-state index in [0.29, 0.717) is 11.1 Å². The van der Waals surface area contributed by atoms with Crippen molar-refractivity contribution in [2.24, 2.45) is 0 Å². The molecule has 4 heteroatoms. The molecule has 2 aromatic rings. The molecule has 2 rings (SSSR count). The van der Waals surface area contributed by atoms with E-state index in [9.17, 15) is 0 Å². The summed E-state index contributed by atoms with van der Waals surface area (Å²) in [6.07, 6.45) is 4.18. The molecule has 1 heterocycles. The fourth-order valence-electron chi connectivity index (χ4n) is 2.76. The second kappa shape index (κ2) is 8.35. The maximum atomic E-state index is 6.22. The number of rotatable bonds is 8. The molecule has 0 radical (unpaired) electrons. The quantitative estimate of drug-likeness (QED) is 0.756. The standard InChI is InChI=1S/C18H26ClN3/c1-4-22(5-2)13-7-8-14(3)21-17-11-12-20-18-15(17)9-6-10-16(18)19/h6,9-12,14H,4-5,7-8,13H2,1-3H3,(H,20,21)/t14-/m1/s1. The normalized spacial score (nSPS) is 12.8. The molecule has 1 aromatic heterocycles. The monoisotopic (exact) mass is 319 g/mol. The molecule has 0 amide bonds. The van der Waals surface area contributed by atoms with Crippen LogP contribution in [0.2, 0.25) is 5.02 Å². The van der Waals surface area contributed by atoms with E-state index in [0.717, 1.165) is 36.1 Å². The lowest BCUT2D eigenvalue weighted by molar-refractivity contribution is 0.295. The molecule has 0 unspecified atom stereocenters. The Bertz CT molecular complexity index is 596. The van der Waals surface area contributed by atoms with Crippen molar-refractivity contribution >= 4 is 28.2 Å². The number of fused-ring (bicyclic) bond motifs is 1. The van der Waals surface area contributed by atoms with E-state index in [1.54, 1.807) is 0 Å². The highest BCUT2D eigenvalue weighted by atomic mass is 35.5. The fourth-order valence-corrected chi connectivity index (χ4v) is 2.99. The van der Waals surface area contributed by atoms with Crippen LogP contribution in [0.1, 0.15) is 33.6 Å². The summed E-state index contributed by atoms with van der Waals surface area (Å²) in [6, 6.07) is 8.38. The molecule has 22 heavy (non-hydrogen) atoms. The minimum Gasteiger partial charge on any atom is -0.382 e. The second-order valence-corrected chi connectivity index (χ2v) is 6.12. The highest BCUT2D eigenvalue weighted by Gasteiger charge is 2.08. The van der Waals surface area contributed by atoms with Gasteiger partial charge in [0.25, 0.3) is 0 Å². The van der Waals surface area contributed by atoms with Crippen molar-refractivity contribution in [3.63, 3.8) is 0 Å². The lowest BCUT2D eigenvalue weighted by Crippen LogP contribution is -2.25. The number of hydrogen-bond acceptors (Lipinski definition) is 3.